The third-order valence-corrected chi connectivity index (χ3v) is 4.16. The molecule has 1 aromatic carbocycles. The first kappa shape index (κ1) is 21.2. The van der Waals surface area contributed by atoms with E-state index in [-0.39, 0.29) is 42.3 Å². The third kappa shape index (κ3) is 5.86. The first-order valence-electron chi connectivity index (χ1n) is 8.13. The molecule has 140 valence electrons. The molecule has 2 amide bonds. The van der Waals surface area contributed by atoms with Crippen LogP contribution in [0.2, 0.25) is 0 Å². The monoisotopic (exact) mass is 373 g/mol. The van der Waals surface area contributed by atoms with Gasteiger partial charge in [0.25, 0.3) is 0 Å². The van der Waals surface area contributed by atoms with Crippen molar-refractivity contribution in [2.75, 3.05) is 33.3 Å². The van der Waals surface area contributed by atoms with Gasteiger partial charge in [-0.3, -0.25) is 9.59 Å². The van der Waals surface area contributed by atoms with Gasteiger partial charge in [-0.2, -0.15) is 0 Å². The number of likely N-dealkylation sites (tertiary alicyclic amines) is 1. The van der Waals surface area contributed by atoms with Crippen LogP contribution in [-0.2, 0) is 16.0 Å². The maximum Gasteiger partial charge on any atom is 0.227 e. The number of carbonyl (C=O) groups is 2. The van der Waals surface area contributed by atoms with Crippen LogP contribution in [0.1, 0.15) is 18.4 Å². The van der Waals surface area contributed by atoms with Crippen LogP contribution >= 0.6 is 12.4 Å². The van der Waals surface area contributed by atoms with Gasteiger partial charge in [0.15, 0.2) is 11.6 Å². The lowest BCUT2D eigenvalue weighted by Crippen LogP contribution is -2.46. The van der Waals surface area contributed by atoms with Crippen molar-refractivity contribution in [3.05, 3.63) is 29.6 Å². The van der Waals surface area contributed by atoms with E-state index in [9.17, 15) is 14.0 Å². The van der Waals surface area contributed by atoms with Crippen LogP contribution in [0.25, 0.3) is 0 Å². The molecule has 25 heavy (non-hydrogen) atoms. The van der Waals surface area contributed by atoms with E-state index in [0.717, 1.165) is 12.8 Å². The van der Waals surface area contributed by atoms with Crippen LogP contribution in [0, 0.1) is 11.7 Å². The summed E-state index contributed by atoms with van der Waals surface area (Å²) in [6.45, 7) is 1.85. The summed E-state index contributed by atoms with van der Waals surface area (Å²) in [6, 6.07) is 4.50. The number of nitrogens with one attached hydrogen (secondary N) is 1. The topological polar surface area (TPSA) is 84.7 Å². The Kier molecular flexibility index (Phi) is 8.65. The molecule has 1 aliphatic heterocycles. The largest absolute Gasteiger partial charge is 0.494 e. The fourth-order valence-electron chi connectivity index (χ4n) is 2.86. The predicted octanol–water partition coefficient (Wildman–Crippen LogP) is 1.11. The Balaban J connectivity index is 0.00000312. The van der Waals surface area contributed by atoms with Crippen LogP contribution < -0.4 is 15.8 Å². The number of piperidine rings is 1. The molecular formula is C17H25ClFN3O3. The number of rotatable bonds is 6. The molecule has 1 fully saturated rings. The number of nitrogens with zero attached hydrogens (tertiary/aromatic N) is 1. The zero-order valence-electron chi connectivity index (χ0n) is 14.3. The van der Waals surface area contributed by atoms with Crippen LogP contribution in [0.15, 0.2) is 18.2 Å². The van der Waals surface area contributed by atoms with Crippen LogP contribution in [0.5, 0.6) is 5.75 Å². The molecule has 1 aromatic rings. The molecule has 8 heteroatoms. The lowest BCUT2D eigenvalue weighted by molar-refractivity contribution is -0.135. The molecule has 1 unspecified atom stereocenters. The normalized spacial score (nSPS) is 16.8. The van der Waals surface area contributed by atoms with Crippen molar-refractivity contribution in [1.29, 1.82) is 0 Å². The Morgan fingerprint density at radius 1 is 1.44 bits per heavy atom. The first-order valence-corrected chi connectivity index (χ1v) is 8.13. The van der Waals surface area contributed by atoms with E-state index in [1.54, 1.807) is 11.0 Å². The van der Waals surface area contributed by atoms with Gasteiger partial charge in [-0.25, -0.2) is 4.39 Å². The van der Waals surface area contributed by atoms with E-state index in [4.69, 9.17) is 10.5 Å². The fourth-order valence-corrected chi connectivity index (χ4v) is 2.86. The predicted molar refractivity (Wildman–Crippen MR) is 95.3 cm³/mol. The van der Waals surface area contributed by atoms with Crippen molar-refractivity contribution < 1.29 is 18.7 Å². The smallest absolute Gasteiger partial charge is 0.227 e. The van der Waals surface area contributed by atoms with E-state index in [0.29, 0.717) is 31.7 Å². The highest BCUT2D eigenvalue weighted by atomic mass is 35.5. The second-order valence-corrected chi connectivity index (χ2v) is 5.90. The summed E-state index contributed by atoms with van der Waals surface area (Å²) >= 11 is 0. The Morgan fingerprint density at radius 3 is 2.84 bits per heavy atom. The van der Waals surface area contributed by atoms with Crippen molar-refractivity contribution in [1.82, 2.24) is 10.2 Å². The van der Waals surface area contributed by atoms with Gasteiger partial charge < -0.3 is 20.7 Å². The number of hydrogen-bond acceptors (Lipinski definition) is 4. The van der Waals surface area contributed by atoms with Gasteiger partial charge >= 0.3 is 0 Å². The Labute approximate surface area is 153 Å². The summed E-state index contributed by atoms with van der Waals surface area (Å²) in [6.07, 6.45) is 1.65. The van der Waals surface area contributed by atoms with E-state index < -0.39 is 5.82 Å². The van der Waals surface area contributed by atoms with Crippen molar-refractivity contribution in [2.24, 2.45) is 11.7 Å². The molecular weight excluding hydrogens is 349 g/mol. The highest BCUT2D eigenvalue weighted by molar-refractivity contribution is 5.85. The maximum atomic E-state index is 13.7. The van der Waals surface area contributed by atoms with E-state index in [1.807, 2.05) is 0 Å². The van der Waals surface area contributed by atoms with E-state index in [2.05, 4.69) is 5.32 Å². The fraction of sp³-hybridized carbons (Fsp3) is 0.529. The number of benzene rings is 1. The molecule has 0 spiro atoms. The molecule has 0 bridgehead atoms. The molecule has 1 aliphatic rings. The van der Waals surface area contributed by atoms with Crippen LogP contribution in [-0.4, -0.2) is 50.0 Å². The van der Waals surface area contributed by atoms with Gasteiger partial charge in [-0.05, 0) is 30.5 Å². The second kappa shape index (κ2) is 10.2. The zero-order valence-corrected chi connectivity index (χ0v) is 15.1. The van der Waals surface area contributed by atoms with Crippen molar-refractivity contribution in [3.63, 3.8) is 0 Å². The Morgan fingerprint density at radius 2 is 2.20 bits per heavy atom. The zero-order chi connectivity index (χ0) is 17.5. The number of carbonyl (C=O) groups excluding carboxylic acids is 2. The molecule has 0 radical (unpaired) electrons. The third-order valence-electron chi connectivity index (χ3n) is 4.16. The number of amides is 2. The molecule has 0 aliphatic carbocycles. The minimum absolute atomic E-state index is 0. The second-order valence-electron chi connectivity index (χ2n) is 5.90. The van der Waals surface area contributed by atoms with Crippen LogP contribution in [0.4, 0.5) is 4.39 Å². The minimum Gasteiger partial charge on any atom is -0.494 e. The van der Waals surface area contributed by atoms with Crippen molar-refractivity contribution in [2.45, 2.75) is 19.3 Å². The molecule has 1 heterocycles. The number of methoxy groups -OCH3 is 1. The summed E-state index contributed by atoms with van der Waals surface area (Å²) in [4.78, 5) is 26.1. The molecule has 6 nitrogen and oxygen atoms in total. The van der Waals surface area contributed by atoms with Gasteiger partial charge in [-0.1, -0.05) is 6.07 Å². The Bertz CT molecular complexity index is 601. The number of ether oxygens (including phenoxy) is 1. The van der Waals surface area contributed by atoms with Crippen LogP contribution in [0.3, 0.4) is 0 Å². The quantitative estimate of drug-likeness (QED) is 0.782. The minimum atomic E-state index is -0.486. The summed E-state index contributed by atoms with van der Waals surface area (Å²) in [5.41, 5.74) is 5.97. The molecule has 2 rings (SSSR count). The lowest BCUT2D eigenvalue weighted by atomic mass is 9.96. The summed E-state index contributed by atoms with van der Waals surface area (Å²) in [7, 11) is 1.40. The van der Waals surface area contributed by atoms with Gasteiger partial charge in [0.2, 0.25) is 11.8 Å². The average molecular weight is 374 g/mol. The number of halogens is 2. The van der Waals surface area contributed by atoms with Gasteiger partial charge in [-0.15, -0.1) is 12.4 Å². The van der Waals surface area contributed by atoms with E-state index >= 15 is 0 Å². The van der Waals surface area contributed by atoms with Crippen molar-refractivity contribution >= 4 is 24.2 Å². The first-order chi connectivity index (χ1) is 11.5. The summed E-state index contributed by atoms with van der Waals surface area (Å²) in [5, 5.41) is 2.77. The SMILES string of the molecule is COc1ccc(CC(=O)N2CCCC(C(=O)NCCN)C2)cc1F.Cl. The molecule has 0 saturated carbocycles. The van der Waals surface area contributed by atoms with Gasteiger partial charge in [0, 0.05) is 26.2 Å². The molecule has 1 atom stereocenters. The van der Waals surface area contributed by atoms with E-state index in [1.165, 1.54) is 19.2 Å². The molecule has 0 aromatic heterocycles. The maximum absolute atomic E-state index is 13.7. The van der Waals surface area contributed by atoms with Crippen molar-refractivity contribution in [3.8, 4) is 5.75 Å². The van der Waals surface area contributed by atoms with Gasteiger partial charge in [0.1, 0.15) is 0 Å². The number of nitrogens with two attached hydrogens (primary N) is 1. The van der Waals surface area contributed by atoms with Gasteiger partial charge in [0.05, 0.1) is 19.4 Å². The lowest BCUT2D eigenvalue weighted by Gasteiger charge is -2.32. The molecule has 1 saturated heterocycles. The molecule has 3 N–H and O–H groups in total. The number of hydrogen-bond donors (Lipinski definition) is 2. The highest BCUT2D eigenvalue weighted by Crippen LogP contribution is 2.20. The standard InChI is InChI=1S/C17H24FN3O3.ClH/c1-24-15-5-4-12(9-14(15)18)10-16(22)21-8-2-3-13(11-21)17(23)20-7-6-19;/h4-5,9,13H,2-3,6-8,10-11,19H2,1H3,(H,20,23);1H. The summed E-state index contributed by atoms with van der Waals surface area (Å²) in [5.74, 6) is -0.701. The highest BCUT2D eigenvalue weighted by Gasteiger charge is 2.28. The average Bonchev–Trinajstić information content (AvgIpc) is 2.60. The summed E-state index contributed by atoms with van der Waals surface area (Å²) < 4.78 is 18.6. The Hall–Kier alpha value is -1.86.